The molecule has 1 saturated carbocycles. The maximum atomic E-state index is 12.8. The number of amides is 1. The standard InChI is InChI=1S/C24H26N2O4/c1-17-13-19-5-3-4-6-22(19)25(17)15-24(28)30-16-23(27)26(20-9-10-20)14-18-7-11-21(29-2)12-8-18/h3-8,11-13,20H,9-10,14-16H2,1-2H3. The van der Waals surface area contributed by atoms with Gasteiger partial charge in [0.25, 0.3) is 5.91 Å². The summed E-state index contributed by atoms with van der Waals surface area (Å²) in [6.07, 6.45) is 1.98. The SMILES string of the molecule is COc1ccc(CN(C(=O)COC(=O)Cn2c(C)cc3ccccc32)C2CC2)cc1. The quantitative estimate of drug-likeness (QED) is 0.535. The Kier molecular flexibility index (Phi) is 5.74. The molecule has 1 aliphatic rings. The zero-order valence-corrected chi connectivity index (χ0v) is 17.3. The zero-order valence-electron chi connectivity index (χ0n) is 17.3. The lowest BCUT2D eigenvalue weighted by atomic mass is 10.2. The lowest BCUT2D eigenvalue weighted by Crippen LogP contribution is -2.36. The first kappa shape index (κ1) is 20.0. The minimum atomic E-state index is -0.409. The minimum absolute atomic E-state index is 0.0918. The Hall–Kier alpha value is -3.28. The van der Waals surface area contributed by atoms with E-state index in [9.17, 15) is 9.59 Å². The first-order chi connectivity index (χ1) is 14.5. The fourth-order valence-corrected chi connectivity index (χ4v) is 3.69. The van der Waals surface area contributed by atoms with E-state index in [0.717, 1.165) is 40.8 Å². The van der Waals surface area contributed by atoms with Gasteiger partial charge in [0.1, 0.15) is 12.3 Å². The Morgan fingerprint density at radius 1 is 1.10 bits per heavy atom. The van der Waals surface area contributed by atoms with Gasteiger partial charge in [-0.3, -0.25) is 9.59 Å². The number of para-hydroxylation sites is 1. The molecule has 0 bridgehead atoms. The van der Waals surface area contributed by atoms with Gasteiger partial charge in [-0.1, -0.05) is 30.3 Å². The Bertz CT molecular complexity index is 1050. The molecule has 2 aromatic carbocycles. The van der Waals surface area contributed by atoms with E-state index in [2.05, 4.69) is 0 Å². The van der Waals surface area contributed by atoms with Crippen molar-refractivity contribution in [3.63, 3.8) is 0 Å². The Morgan fingerprint density at radius 3 is 2.53 bits per heavy atom. The van der Waals surface area contributed by atoms with Crippen molar-refractivity contribution in [3.05, 3.63) is 65.9 Å². The maximum Gasteiger partial charge on any atom is 0.326 e. The second-order valence-corrected chi connectivity index (χ2v) is 7.69. The van der Waals surface area contributed by atoms with Crippen LogP contribution in [0.5, 0.6) is 5.75 Å². The number of ether oxygens (including phenoxy) is 2. The van der Waals surface area contributed by atoms with Crippen molar-refractivity contribution in [3.8, 4) is 5.75 Å². The third kappa shape index (κ3) is 4.48. The third-order valence-electron chi connectivity index (χ3n) is 5.48. The second kappa shape index (κ2) is 8.61. The Balaban J connectivity index is 1.36. The molecule has 0 spiro atoms. The Morgan fingerprint density at radius 2 is 1.83 bits per heavy atom. The molecule has 156 valence electrons. The van der Waals surface area contributed by atoms with Crippen LogP contribution in [0.3, 0.4) is 0 Å². The topological polar surface area (TPSA) is 60.8 Å². The molecule has 0 atom stereocenters. The summed E-state index contributed by atoms with van der Waals surface area (Å²) < 4.78 is 12.4. The van der Waals surface area contributed by atoms with Crippen molar-refractivity contribution in [2.45, 2.75) is 38.9 Å². The molecule has 6 heteroatoms. The predicted molar refractivity (Wildman–Crippen MR) is 114 cm³/mol. The number of nitrogens with zero attached hydrogens (tertiary/aromatic N) is 2. The number of carbonyl (C=O) groups is 2. The highest BCUT2D eigenvalue weighted by molar-refractivity contribution is 5.84. The van der Waals surface area contributed by atoms with E-state index in [1.54, 1.807) is 7.11 Å². The average Bonchev–Trinajstić information content (AvgIpc) is 3.55. The number of esters is 1. The van der Waals surface area contributed by atoms with Crippen LogP contribution in [0, 0.1) is 6.92 Å². The lowest BCUT2D eigenvalue weighted by molar-refractivity contribution is -0.153. The summed E-state index contributed by atoms with van der Waals surface area (Å²) >= 11 is 0. The van der Waals surface area contributed by atoms with Crippen LogP contribution < -0.4 is 4.74 Å². The maximum absolute atomic E-state index is 12.8. The van der Waals surface area contributed by atoms with Gasteiger partial charge in [-0.05, 0) is 55.0 Å². The summed E-state index contributed by atoms with van der Waals surface area (Å²) in [4.78, 5) is 27.0. The second-order valence-electron chi connectivity index (χ2n) is 7.69. The zero-order chi connectivity index (χ0) is 21.1. The van der Waals surface area contributed by atoms with Gasteiger partial charge < -0.3 is 18.9 Å². The van der Waals surface area contributed by atoms with Crippen LogP contribution in [0.15, 0.2) is 54.6 Å². The number of aryl methyl sites for hydroxylation is 1. The van der Waals surface area contributed by atoms with E-state index in [1.807, 2.05) is 71.0 Å². The van der Waals surface area contributed by atoms with Crippen LogP contribution in [0.4, 0.5) is 0 Å². The smallest absolute Gasteiger partial charge is 0.326 e. The van der Waals surface area contributed by atoms with E-state index in [4.69, 9.17) is 9.47 Å². The first-order valence-corrected chi connectivity index (χ1v) is 10.2. The van der Waals surface area contributed by atoms with E-state index < -0.39 is 5.97 Å². The summed E-state index contributed by atoms with van der Waals surface area (Å²) in [6, 6.07) is 17.8. The number of hydrogen-bond acceptors (Lipinski definition) is 4. The molecule has 0 N–H and O–H groups in total. The van der Waals surface area contributed by atoms with Crippen LogP contribution in [0.2, 0.25) is 0 Å². The number of benzene rings is 2. The lowest BCUT2D eigenvalue weighted by Gasteiger charge is -2.22. The molecule has 3 aromatic rings. The molecule has 4 rings (SSSR count). The molecule has 30 heavy (non-hydrogen) atoms. The predicted octanol–water partition coefficient (Wildman–Crippen LogP) is 3.69. The van der Waals surface area contributed by atoms with Gasteiger partial charge in [0.05, 0.1) is 7.11 Å². The van der Waals surface area contributed by atoms with E-state index in [1.165, 1.54) is 0 Å². The molecule has 1 amide bonds. The normalized spacial score (nSPS) is 13.3. The van der Waals surface area contributed by atoms with Crippen LogP contribution in [-0.4, -0.2) is 41.1 Å². The number of methoxy groups -OCH3 is 1. The Labute approximate surface area is 176 Å². The molecule has 0 aliphatic heterocycles. The van der Waals surface area contributed by atoms with Gasteiger partial charge in [0.15, 0.2) is 6.61 Å². The molecule has 1 aromatic heterocycles. The van der Waals surface area contributed by atoms with Gasteiger partial charge in [-0.15, -0.1) is 0 Å². The average molecular weight is 406 g/mol. The van der Waals surface area contributed by atoms with Gasteiger partial charge in [-0.25, -0.2) is 0 Å². The molecular formula is C24H26N2O4. The highest BCUT2D eigenvalue weighted by atomic mass is 16.5. The monoisotopic (exact) mass is 406 g/mol. The van der Waals surface area contributed by atoms with E-state index in [0.29, 0.717) is 6.54 Å². The number of rotatable bonds is 8. The fraction of sp³-hybridized carbons (Fsp3) is 0.333. The van der Waals surface area contributed by atoms with Crippen molar-refractivity contribution in [1.82, 2.24) is 9.47 Å². The highest BCUT2D eigenvalue weighted by Crippen LogP contribution is 2.29. The number of fused-ring (bicyclic) bond motifs is 1. The molecule has 1 aliphatic carbocycles. The summed E-state index contributed by atoms with van der Waals surface area (Å²) in [5.41, 5.74) is 2.99. The summed E-state index contributed by atoms with van der Waals surface area (Å²) in [7, 11) is 1.63. The van der Waals surface area contributed by atoms with Crippen LogP contribution in [0.1, 0.15) is 24.1 Å². The largest absolute Gasteiger partial charge is 0.497 e. The van der Waals surface area contributed by atoms with Crippen molar-refractivity contribution < 1.29 is 19.1 Å². The summed E-state index contributed by atoms with van der Waals surface area (Å²) in [5.74, 6) is 0.216. The van der Waals surface area contributed by atoms with E-state index >= 15 is 0 Å². The van der Waals surface area contributed by atoms with Gasteiger partial charge >= 0.3 is 5.97 Å². The molecule has 0 unspecified atom stereocenters. The first-order valence-electron chi connectivity index (χ1n) is 10.2. The van der Waals surface area contributed by atoms with Gasteiger partial charge in [0.2, 0.25) is 0 Å². The van der Waals surface area contributed by atoms with Crippen LogP contribution >= 0.6 is 0 Å². The van der Waals surface area contributed by atoms with Crippen molar-refractivity contribution in [2.75, 3.05) is 13.7 Å². The van der Waals surface area contributed by atoms with Crippen molar-refractivity contribution >= 4 is 22.8 Å². The minimum Gasteiger partial charge on any atom is -0.497 e. The van der Waals surface area contributed by atoms with E-state index in [-0.39, 0.29) is 25.1 Å². The van der Waals surface area contributed by atoms with Gasteiger partial charge in [0, 0.05) is 23.8 Å². The number of aromatic nitrogens is 1. The summed E-state index contributed by atoms with van der Waals surface area (Å²) in [6.45, 7) is 2.33. The van der Waals surface area contributed by atoms with Crippen molar-refractivity contribution in [2.24, 2.45) is 0 Å². The number of carbonyl (C=O) groups excluding carboxylic acids is 2. The van der Waals surface area contributed by atoms with Gasteiger partial charge in [-0.2, -0.15) is 0 Å². The summed E-state index contributed by atoms with van der Waals surface area (Å²) in [5, 5.41) is 1.08. The molecular weight excluding hydrogens is 380 g/mol. The molecule has 0 saturated heterocycles. The highest BCUT2D eigenvalue weighted by Gasteiger charge is 2.33. The third-order valence-corrected chi connectivity index (χ3v) is 5.48. The number of hydrogen-bond donors (Lipinski definition) is 0. The molecule has 0 radical (unpaired) electrons. The fourth-order valence-electron chi connectivity index (χ4n) is 3.69. The molecule has 1 fully saturated rings. The van der Waals surface area contributed by atoms with Crippen LogP contribution in [-0.2, 0) is 27.4 Å². The van der Waals surface area contributed by atoms with Crippen LogP contribution in [0.25, 0.3) is 10.9 Å². The molecule has 1 heterocycles. The van der Waals surface area contributed by atoms with Crippen molar-refractivity contribution in [1.29, 1.82) is 0 Å². The molecule has 6 nitrogen and oxygen atoms in total.